The molecule has 0 saturated carbocycles. The molecule has 6 nitrogen and oxygen atoms in total. The number of hydrogen-bond donors (Lipinski definition) is 1. The standard InChI is InChI=1S/C14H12N2O4/c1-2-7-16-12(8-20-9-13(17)18)15-11-6-4-3-5-10(11)14(16)19/h1,3-6H,7-9H2,(H,17,18). The molecule has 102 valence electrons. The molecule has 0 aliphatic rings. The van der Waals surface area contributed by atoms with E-state index < -0.39 is 12.6 Å². The SMILES string of the molecule is C#CCn1c(COCC(=O)O)nc2ccccc2c1=O. The molecule has 1 N–H and O–H groups in total. The Morgan fingerprint density at radius 2 is 2.20 bits per heavy atom. The minimum absolute atomic E-state index is 0.0580. The van der Waals surface area contributed by atoms with E-state index in [4.69, 9.17) is 16.3 Å². The van der Waals surface area contributed by atoms with Crippen molar-refractivity contribution in [1.82, 2.24) is 9.55 Å². The average molecular weight is 272 g/mol. The Kier molecular flexibility index (Phi) is 4.13. The maximum Gasteiger partial charge on any atom is 0.329 e. The summed E-state index contributed by atoms with van der Waals surface area (Å²) < 4.78 is 6.29. The summed E-state index contributed by atoms with van der Waals surface area (Å²) in [4.78, 5) is 27.0. The van der Waals surface area contributed by atoms with Gasteiger partial charge in [-0.3, -0.25) is 9.36 Å². The number of benzene rings is 1. The van der Waals surface area contributed by atoms with E-state index in [-0.39, 0.29) is 18.7 Å². The Bertz CT molecular complexity index is 743. The lowest BCUT2D eigenvalue weighted by Gasteiger charge is -2.10. The summed E-state index contributed by atoms with van der Waals surface area (Å²) >= 11 is 0. The summed E-state index contributed by atoms with van der Waals surface area (Å²) in [6, 6.07) is 6.88. The van der Waals surface area contributed by atoms with Gasteiger partial charge in [-0.05, 0) is 12.1 Å². The highest BCUT2D eigenvalue weighted by atomic mass is 16.5. The second-order valence-corrected chi connectivity index (χ2v) is 4.03. The molecule has 2 rings (SSSR count). The third-order valence-corrected chi connectivity index (χ3v) is 2.65. The number of nitrogens with zero attached hydrogens (tertiary/aromatic N) is 2. The molecule has 0 spiro atoms. The third kappa shape index (κ3) is 2.84. The fourth-order valence-corrected chi connectivity index (χ4v) is 1.81. The van der Waals surface area contributed by atoms with Crippen LogP contribution in [0, 0.1) is 12.3 Å². The van der Waals surface area contributed by atoms with Gasteiger partial charge in [0.1, 0.15) is 19.0 Å². The summed E-state index contributed by atoms with van der Waals surface area (Å²) in [5, 5.41) is 9.01. The van der Waals surface area contributed by atoms with Crippen LogP contribution in [0.1, 0.15) is 5.82 Å². The molecule has 0 bridgehead atoms. The van der Waals surface area contributed by atoms with Crippen molar-refractivity contribution in [3.63, 3.8) is 0 Å². The van der Waals surface area contributed by atoms with Crippen LogP contribution in [-0.4, -0.2) is 27.2 Å². The topological polar surface area (TPSA) is 81.4 Å². The molecule has 0 saturated heterocycles. The van der Waals surface area contributed by atoms with Crippen molar-refractivity contribution < 1.29 is 14.6 Å². The number of carbonyl (C=O) groups is 1. The van der Waals surface area contributed by atoms with E-state index in [2.05, 4.69) is 10.9 Å². The van der Waals surface area contributed by atoms with Gasteiger partial charge in [-0.1, -0.05) is 18.1 Å². The van der Waals surface area contributed by atoms with Crippen molar-refractivity contribution in [2.75, 3.05) is 6.61 Å². The highest BCUT2D eigenvalue weighted by molar-refractivity contribution is 5.77. The largest absolute Gasteiger partial charge is 0.480 e. The van der Waals surface area contributed by atoms with E-state index in [9.17, 15) is 9.59 Å². The van der Waals surface area contributed by atoms with Crippen molar-refractivity contribution in [2.24, 2.45) is 0 Å². The zero-order chi connectivity index (χ0) is 14.5. The minimum atomic E-state index is -1.09. The molecular weight excluding hydrogens is 260 g/mol. The van der Waals surface area contributed by atoms with E-state index >= 15 is 0 Å². The maximum atomic E-state index is 12.3. The first-order chi connectivity index (χ1) is 9.63. The number of ether oxygens (including phenoxy) is 1. The number of aromatic nitrogens is 2. The van der Waals surface area contributed by atoms with Crippen molar-refractivity contribution in [2.45, 2.75) is 13.2 Å². The van der Waals surface area contributed by atoms with Gasteiger partial charge in [0.2, 0.25) is 0 Å². The molecule has 0 atom stereocenters. The van der Waals surface area contributed by atoms with Crippen LogP contribution in [0.4, 0.5) is 0 Å². The van der Waals surface area contributed by atoms with Crippen LogP contribution in [-0.2, 0) is 22.7 Å². The lowest BCUT2D eigenvalue weighted by molar-refractivity contribution is -0.142. The first-order valence-electron chi connectivity index (χ1n) is 5.85. The molecule has 2 aromatic rings. The molecule has 0 aliphatic heterocycles. The Labute approximate surface area is 114 Å². The van der Waals surface area contributed by atoms with Gasteiger partial charge in [0, 0.05) is 0 Å². The second-order valence-electron chi connectivity index (χ2n) is 4.03. The van der Waals surface area contributed by atoms with Gasteiger partial charge < -0.3 is 9.84 Å². The predicted molar refractivity (Wildman–Crippen MR) is 72.1 cm³/mol. The molecule has 1 heterocycles. The third-order valence-electron chi connectivity index (χ3n) is 2.65. The Hall–Kier alpha value is -2.65. The Morgan fingerprint density at radius 1 is 1.45 bits per heavy atom. The van der Waals surface area contributed by atoms with E-state index in [0.717, 1.165) is 0 Å². The van der Waals surface area contributed by atoms with Gasteiger partial charge in [0.25, 0.3) is 5.56 Å². The minimum Gasteiger partial charge on any atom is -0.480 e. The normalized spacial score (nSPS) is 10.3. The fraction of sp³-hybridized carbons (Fsp3) is 0.214. The van der Waals surface area contributed by atoms with Crippen LogP contribution in [0.2, 0.25) is 0 Å². The zero-order valence-electron chi connectivity index (χ0n) is 10.6. The number of carboxylic acid groups (broad SMARTS) is 1. The summed E-state index contributed by atoms with van der Waals surface area (Å²) in [6.07, 6.45) is 5.25. The highest BCUT2D eigenvalue weighted by Crippen LogP contribution is 2.08. The van der Waals surface area contributed by atoms with Gasteiger partial charge >= 0.3 is 5.97 Å². The predicted octanol–water partition coefficient (Wildman–Crippen LogP) is 0.631. The molecule has 0 radical (unpaired) electrons. The number of para-hydroxylation sites is 1. The van der Waals surface area contributed by atoms with Gasteiger partial charge in [0.05, 0.1) is 17.4 Å². The highest BCUT2D eigenvalue weighted by Gasteiger charge is 2.10. The Morgan fingerprint density at radius 3 is 2.90 bits per heavy atom. The number of aliphatic carboxylic acids is 1. The zero-order valence-corrected chi connectivity index (χ0v) is 10.6. The van der Waals surface area contributed by atoms with E-state index in [1.807, 2.05) is 0 Å². The van der Waals surface area contributed by atoms with Gasteiger partial charge in [-0.25, -0.2) is 9.78 Å². The quantitative estimate of drug-likeness (QED) is 0.807. The number of terminal acetylenes is 1. The molecule has 0 fully saturated rings. The lowest BCUT2D eigenvalue weighted by Crippen LogP contribution is -2.26. The van der Waals surface area contributed by atoms with Gasteiger partial charge in [-0.2, -0.15) is 0 Å². The van der Waals surface area contributed by atoms with Crippen LogP contribution in [0.15, 0.2) is 29.1 Å². The molecule has 0 aliphatic carbocycles. The summed E-state index contributed by atoms with van der Waals surface area (Å²) in [5.74, 6) is 1.61. The number of fused-ring (bicyclic) bond motifs is 1. The van der Waals surface area contributed by atoms with Gasteiger partial charge in [-0.15, -0.1) is 6.42 Å². The molecular formula is C14H12N2O4. The first kappa shape index (κ1) is 13.8. The molecule has 20 heavy (non-hydrogen) atoms. The molecule has 0 amide bonds. The number of carboxylic acids is 1. The lowest BCUT2D eigenvalue weighted by atomic mass is 10.2. The molecule has 1 aromatic carbocycles. The van der Waals surface area contributed by atoms with Crippen LogP contribution < -0.4 is 5.56 Å². The maximum absolute atomic E-state index is 12.3. The average Bonchev–Trinajstić information content (AvgIpc) is 2.42. The molecule has 0 unspecified atom stereocenters. The van der Waals surface area contributed by atoms with Crippen molar-refractivity contribution in [1.29, 1.82) is 0 Å². The second kappa shape index (κ2) is 5.99. The van der Waals surface area contributed by atoms with Crippen molar-refractivity contribution >= 4 is 16.9 Å². The van der Waals surface area contributed by atoms with E-state index in [1.165, 1.54) is 4.57 Å². The molecule has 1 aromatic heterocycles. The Balaban J connectivity index is 2.46. The van der Waals surface area contributed by atoms with E-state index in [1.54, 1.807) is 24.3 Å². The summed E-state index contributed by atoms with van der Waals surface area (Å²) in [5.41, 5.74) is 0.266. The smallest absolute Gasteiger partial charge is 0.329 e. The summed E-state index contributed by atoms with van der Waals surface area (Å²) in [7, 11) is 0. The number of hydrogen-bond acceptors (Lipinski definition) is 4. The summed E-state index contributed by atoms with van der Waals surface area (Å²) in [6.45, 7) is -0.491. The van der Waals surface area contributed by atoms with Crippen molar-refractivity contribution in [3.05, 3.63) is 40.4 Å². The van der Waals surface area contributed by atoms with Gasteiger partial charge in [0.15, 0.2) is 0 Å². The van der Waals surface area contributed by atoms with Crippen LogP contribution >= 0.6 is 0 Å². The van der Waals surface area contributed by atoms with Crippen molar-refractivity contribution in [3.8, 4) is 12.3 Å². The monoisotopic (exact) mass is 272 g/mol. The van der Waals surface area contributed by atoms with Crippen LogP contribution in [0.5, 0.6) is 0 Å². The number of rotatable bonds is 5. The van der Waals surface area contributed by atoms with Crippen LogP contribution in [0.3, 0.4) is 0 Å². The molecule has 6 heteroatoms. The van der Waals surface area contributed by atoms with E-state index in [0.29, 0.717) is 16.7 Å². The fourth-order valence-electron chi connectivity index (χ4n) is 1.81. The first-order valence-corrected chi connectivity index (χ1v) is 5.85. The van der Waals surface area contributed by atoms with Crippen LogP contribution in [0.25, 0.3) is 10.9 Å².